The van der Waals surface area contributed by atoms with Gasteiger partial charge in [0.2, 0.25) is 0 Å². The van der Waals surface area contributed by atoms with Crippen molar-refractivity contribution in [3.8, 4) is 0 Å². The summed E-state index contributed by atoms with van der Waals surface area (Å²) >= 11 is 3.39. The predicted octanol–water partition coefficient (Wildman–Crippen LogP) is 3.84. The second-order valence-electron chi connectivity index (χ2n) is 5.04. The highest BCUT2D eigenvalue weighted by atomic mass is 79.9. The van der Waals surface area contributed by atoms with Crippen molar-refractivity contribution in [1.82, 2.24) is 0 Å². The van der Waals surface area contributed by atoms with Crippen LogP contribution in [0.3, 0.4) is 0 Å². The fourth-order valence-electron chi connectivity index (χ4n) is 2.49. The number of methoxy groups -OCH3 is 1. The van der Waals surface area contributed by atoms with Crippen molar-refractivity contribution in [3.63, 3.8) is 0 Å². The van der Waals surface area contributed by atoms with Crippen LogP contribution >= 0.6 is 15.9 Å². The van der Waals surface area contributed by atoms with Crippen LogP contribution in [-0.4, -0.2) is 19.2 Å². The van der Waals surface area contributed by atoms with E-state index in [1.54, 1.807) is 6.07 Å². The van der Waals surface area contributed by atoms with Gasteiger partial charge in [-0.3, -0.25) is 4.79 Å². The SMILES string of the molecule is COC(=O)C1CCC(OCc2cc(F)ccc2Br)CC1. The molecule has 0 aromatic heterocycles. The fourth-order valence-corrected chi connectivity index (χ4v) is 2.85. The number of benzene rings is 1. The minimum absolute atomic E-state index is 0.000700. The quantitative estimate of drug-likeness (QED) is 0.778. The Hall–Kier alpha value is -0.940. The Morgan fingerprint density at radius 2 is 2.05 bits per heavy atom. The summed E-state index contributed by atoms with van der Waals surface area (Å²) in [7, 11) is 1.42. The van der Waals surface area contributed by atoms with E-state index >= 15 is 0 Å². The van der Waals surface area contributed by atoms with Gasteiger partial charge in [-0.05, 0) is 49.4 Å². The summed E-state index contributed by atoms with van der Waals surface area (Å²) in [6.07, 6.45) is 3.40. The normalized spacial score (nSPS) is 22.6. The van der Waals surface area contributed by atoms with Crippen LogP contribution in [0, 0.1) is 11.7 Å². The van der Waals surface area contributed by atoms with Gasteiger partial charge in [0.1, 0.15) is 5.82 Å². The molecule has 1 saturated carbocycles. The van der Waals surface area contributed by atoms with E-state index in [-0.39, 0.29) is 23.8 Å². The summed E-state index contributed by atoms with van der Waals surface area (Å²) in [5, 5.41) is 0. The van der Waals surface area contributed by atoms with E-state index in [1.807, 2.05) is 0 Å². The first-order chi connectivity index (χ1) is 9.60. The van der Waals surface area contributed by atoms with Crippen LogP contribution in [0.15, 0.2) is 22.7 Å². The molecule has 0 aliphatic heterocycles. The average Bonchev–Trinajstić information content (AvgIpc) is 2.48. The van der Waals surface area contributed by atoms with Crippen LogP contribution in [0.5, 0.6) is 0 Å². The zero-order valence-electron chi connectivity index (χ0n) is 11.4. The molecule has 1 aliphatic rings. The molecule has 1 aliphatic carbocycles. The molecule has 0 bridgehead atoms. The van der Waals surface area contributed by atoms with E-state index in [0.29, 0.717) is 6.61 Å². The molecule has 1 fully saturated rings. The molecule has 3 nitrogen and oxygen atoms in total. The van der Waals surface area contributed by atoms with E-state index < -0.39 is 0 Å². The molecule has 0 spiro atoms. The summed E-state index contributed by atoms with van der Waals surface area (Å²) < 4.78 is 24.6. The van der Waals surface area contributed by atoms with Crippen molar-refractivity contribution in [2.75, 3.05) is 7.11 Å². The number of carbonyl (C=O) groups is 1. The maximum absolute atomic E-state index is 13.2. The number of rotatable bonds is 4. The van der Waals surface area contributed by atoms with E-state index in [9.17, 15) is 9.18 Å². The number of esters is 1. The molecule has 0 atom stereocenters. The Kier molecular flexibility index (Phi) is 5.54. The summed E-state index contributed by atoms with van der Waals surface area (Å²) in [5.41, 5.74) is 0.806. The molecule has 20 heavy (non-hydrogen) atoms. The third-order valence-electron chi connectivity index (χ3n) is 3.69. The highest BCUT2D eigenvalue weighted by Gasteiger charge is 2.27. The molecule has 2 rings (SSSR count). The first-order valence-corrected chi connectivity index (χ1v) is 7.53. The van der Waals surface area contributed by atoms with Gasteiger partial charge in [0.25, 0.3) is 0 Å². The van der Waals surface area contributed by atoms with E-state index in [0.717, 1.165) is 35.7 Å². The number of hydrogen-bond donors (Lipinski definition) is 0. The molecule has 0 amide bonds. The Balaban J connectivity index is 1.81. The van der Waals surface area contributed by atoms with Crippen molar-refractivity contribution >= 4 is 21.9 Å². The Morgan fingerprint density at radius 3 is 2.70 bits per heavy atom. The lowest BCUT2D eigenvalue weighted by Gasteiger charge is -2.27. The fraction of sp³-hybridized carbons (Fsp3) is 0.533. The van der Waals surface area contributed by atoms with E-state index in [1.165, 1.54) is 19.2 Å². The lowest BCUT2D eigenvalue weighted by Crippen LogP contribution is -2.26. The van der Waals surface area contributed by atoms with Gasteiger partial charge in [-0.1, -0.05) is 15.9 Å². The van der Waals surface area contributed by atoms with Gasteiger partial charge < -0.3 is 9.47 Å². The second kappa shape index (κ2) is 7.18. The van der Waals surface area contributed by atoms with Crippen LogP contribution in [0.2, 0.25) is 0 Å². The second-order valence-corrected chi connectivity index (χ2v) is 5.90. The van der Waals surface area contributed by atoms with Gasteiger partial charge >= 0.3 is 5.97 Å². The Bertz CT molecular complexity index is 470. The standard InChI is InChI=1S/C15H18BrFO3/c1-19-15(18)10-2-5-13(6-3-10)20-9-11-8-12(17)4-7-14(11)16/h4,7-8,10,13H,2-3,5-6,9H2,1H3. The maximum atomic E-state index is 13.2. The van der Waals surface area contributed by atoms with Gasteiger partial charge in [-0.2, -0.15) is 0 Å². The molecule has 0 radical (unpaired) electrons. The first kappa shape index (κ1) is 15.4. The molecular formula is C15H18BrFO3. The minimum atomic E-state index is -0.263. The monoisotopic (exact) mass is 344 g/mol. The van der Waals surface area contributed by atoms with Crippen LogP contribution in [0.4, 0.5) is 4.39 Å². The minimum Gasteiger partial charge on any atom is -0.469 e. The average molecular weight is 345 g/mol. The van der Waals surface area contributed by atoms with Gasteiger partial charge in [0.05, 0.1) is 25.7 Å². The molecule has 1 aromatic rings. The van der Waals surface area contributed by atoms with Crippen LogP contribution in [0.25, 0.3) is 0 Å². The summed E-state index contributed by atoms with van der Waals surface area (Å²) in [6.45, 7) is 0.381. The number of ether oxygens (including phenoxy) is 2. The summed E-state index contributed by atoms with van der Waals surface area (Å²) in [5.74, 6) is -0.390. The highest BCUT2D eigenvalue weighted by Crippen LogP contribution is 2.28. The Labute approximate surface area is 126 Å². The van der Waals surface area contributed by atoms with Gasteiger partial charge in [0, 0.05) is 4.47 Å². The van der Waals surface area contributed by atoms with Crippen LogP contribution in [0.1, 0.15) is 31.2 Å². The molecule has 1 aromatic carbocycles. The largest absolute Gasteiger partial charge is 0.469 e. The topological polar surface area (TPSA) is 35.5 Å². The lowest BCUT2D eigenvalue weighted by molar-refractivity contribution is -0.147. The van der Waals surface area contributed by atoms with E-state index in [2.05, 4.69) is 15.9 Å². The van der Waals surface area contributed by atoms with Crippen LogP contribution < -0.4 is 0 Å². The molecule has 5 heteroatoms. The number of hydrogen-bond acceptors (Lipinski definition) is 3. The van der Waals surface area contributed by atoms with Crippen molar-refractivity contribution in [2.45, 2.75) is 38.4 Å². The summed E-state index contributed by atoms with van der Waals surface area (Å²) in [6, 6.07) is 4.57. The van der Waals surface area contributed by atoms with Gasteiger partial charge in [-0.25, -0.2) is 4.39 Å². The zero-order valence-corrected chi connectivity index (χ0v) is 13.0. The first-order valence-electron chi connectivity index (χ1n) is 6.73. The molecule has 0 saturated heterocycles. The lowest BCUT2D eigenvalue weighted by atomic mass is 9.87. The van der Waals surface area contributed by atoms with Crippen LogP contribution in [-0.2, 0) is 20.9 Å². The molecule has 0 N–H and O–H groups in total. The van der Waals surface area contributed by atoms with Gasteiger partial charge in [0.15, 0.2) is 0 Å². The molecule has 0 heterocycles. The van der Waals surface area contributed by atoms with Crippen molar-refractivity contribution in [1.29, 1.82) is 0 Å². The predicted molar refractivity (Wildman–Crippen MR) is 76.7 cm³/mol. The molecule has 0 unspecified atom stereocenters. The van der Waals surface area contributed by atoms with E-state index in [4.69, 9.17) is 9.47 Å². The maximum Gasteiger partial charge on any atom is 0.308 e. The molecular weight excluding hydrogens is 327 g/mol. The smallest absolute Gasteiger partial charge is 0.308 e. The summed E-state index contributed by atoms with van der Waals surface area (Å²) in [4.78, 5) is 11.4. The van der Waals surface area contributed by atoms with Gasteiger partial charge in [-0.15, -0.1) is 0 Å². The number of halogens is 2. The number of carbonyl (C=O) groups excluding carboxylic acids is 1. The van der Waals surface area contributed by atoms with Crippen molar-refractivity contribution in [2.24, 2.45) is 5.92 Å². The third-order valence-corrected chi connectivity index (χ3v) is 4.46. The van der Waals surface area contributed by atoms with Crippen molar-refractivity contribution < 1.29 is 18.7 Å². The highest BCUT2D eigenvalue weighted by molar-refractivity contribution is 9.10. The van der Waals surface area contributed by atoms with Crippen molar-refractivity contribution in [3.05, 3.63) is 34.1 Å². The zero-order chi connectivity index (χ0) is 14.5. The molecule has 110 valence electrons. The Morgan fingerprint density at radius 1 is 1.35 bits per heavy atom. The third kappa shape index (κ3) is 4.03.